The quantitative estimate of drug-likeness (QED) is 0.700. The van der Waals surface area contributed by atoms with Gasteiger partial charge in [-0.05, 0) is 43.0 Å². The van der Waals surface area contributed by atoms with Gasteiger partial charge in [0.25, 0.3) is 5.91 Å². The van der Waals surface area contributed by atoms with Crippen molar-refractivity contribution in [1.82, 2.24) is 4.90 Å². The summed E-state index contributed by atoms with van der Waals surface area (Å²) >= 11 is 1.69. The summed E-state index contributed by atoms with van der Waals surface area (Å²) in [5.74, 6) is 2.08. The first kappa shape index (κ1) is 20.1. The van der Waals surface area contributed by atoms with Crippen LogP contribution in [-0.4, -0.2) is 43.6 Å². The van der Waals surface area contributed by atoms with Gasteiger partial charge in [-0.15, -0.1) is 0 Å². The lowest BCUT2D eigenvalue weighted by atomic mass is 10.0. The van der Waals surface area contributed by atoms with Crippen molar-refractivity contribution >= 4 is 29.1 Å². The third-order valence-electron chi connectivity index (χ3n) is 4.87. The highest BCUT2D eigenvalue weighted by molar-refractivity contribution is 7.98. The first-order valence-electron chi connectivity index (χ1n) is 9.20. The molecule has 1 amide bonds. The molecule has 5 nitrogen and oxygen atoms in total. The number of amides is 1. The van der Waals surface area contributed by atoms with E-state index in [1.54, 1.807) is 23.8 Å². The van der Waals surface area contributed by atoms with Crippen LogP contribution in [0.1, 0.15) is 34.5 Å². The van der Waals surface area contributed by atoms with E-state index in [9.17, 15) is 4.79 Å². The monoisotopic (exact) mass is 398 g/mol. The molecule has 1 aliphatic heterocycles. The van der Waals surface area contributed by atoms with Crippen molar-refractivity contribution in [1.29, 1.82) is 0 Å². The Balaban J connectivity index is 2.05. The molecule has 0 aromatic heterocycles. The number of carbonyl (C=O) groups is 1. The minimum Gasteiger partial charge on any atom is -0.493 e. The van der Waals surface area contributed by atoms with Gasteiger partial charge in [-0.3, -0.25) is 9.69 Å². The zero-order chi connectivity index (χ0) is 20.3. The van der Waals surface area contributed by atoms with Crippen molar-refractivity contribution in [3.63, 3.8) is 0 Å². The Morgan fingerprint density at radius 3 is 2.68 bits per heavy atom. The van der Waals surface area contributed by atoms with Crippen LogP contribution in [0.15, 0.2) is 43.0 Å². The lowest BCUT2D eigenvalue weighted by molar-refractivity contribution is 0.0814. The average Bonchev–Trinajstić information content (AvgIpc) is 2.97. The average molecular weight is 399 g/mol. The number of hydrogen-bond acceptors (Lipinski definition) is 5. The van der Waals surface area contributed by atoms with Crippen LogP contribution < -0.4 is 14.8 Å². The molecule has 0 saturated heterocycles. The number of methoxy groups -OCH3 is 1. The topological polar surface area (TPSA) is 50.8 Å². The molecule has 1 heterocycles. The molecule has 2 aromatic rings. The van der Waals surface area contributed by atoms with Crippen molar-refractivity contribution in [3.8, 4) is 11.5 Å². The number of anilines is 1. The number of hydrogen-bond donors (Lipinski definition) is 1. The van der Waals surface area contributed by atoms with Gasteiger partial charge in [0.15, 0.2) is 11.5 Å². The van der Waals surface area contributed by atoms with Crippen LogP contribution in [0, 0.1) is 0 Å². The first-order chi connectivity index (χ1) is 13.6. The van der Waals surface area contributed by atoms with Gasteiger partial charge in [0.1, 0.15) is 0 Å². The molecule has 1 unspecified atom stereocenters. The van der Waals surface area contributed by atoms with Crippen LogP contribution in [-0.2, 0) is 0 Å². The van der Waals surface area contributed by atoms with E-state index in [2.05, 4.69) is 11.9 Å². The van der Waals surface area contributed by atoms with Crippen molar-refractivity contribution < 1.29 is 14.3 Å². The Morgan fingerprint density at radius 1 is 1.25 bits per heavy atom. The summed E-state index contributed by atoms with van der Waals surface area (Å²) in [6, 6.07) is 11.4. The van der Waals surface area contributed by atoms with Gasteiger partial charge in [-0.2, -0.15) is 11.8 Å². The Kier molecular flexibility index (Phi) is 6.19. The van der Waals surface area contributed by atoms with Crippen molar-refractivity contribution in [2.75, 3.05) is 38.1 Å². The van der Waals surface area contributed by atoms with Gasteiger partial charge < -0.3 is 14.8 Å². The second-order valence-electron chi connectivity index (χ2n) is 6.41. The van der Waals surface area contributed by atoms with Gasteiger partial charge in [-0.25, -0.2) is 0 Å². The van der Waals surface area contributed by atoms with Gasteiger partial charge in [0.05, 0.1) is 25.3 Å². The molecule has 0 fully saturated rings. The first-order valence-corrected chi connectivity index (χ1v) is 10.6. The van der Waals surface area contributed by atoms with E-state index in [0.717, 1.165) is 28.3 Å². The summed E-state index contributed by atoms with van der Waals surface area (Å²) in [6.45, 7) is 6.74. The lowest BCUT2D eigenvalue weighted by Crippen LogP contribution is -2.30. The highest BCUT2D eigenvalue weighted by Crippen LogP contribution is 2.43. The molecule has 2 aromatic carbocycles. The van der Waals surface area contributed by atoms with E-state index >= 15 is 0 Å². The summed E-state index contributed by atoms with van der Waals surface area (Å²) in [5, 5.41) is 3.17. The van der Waals surface area contributed by atoms with Crippen LogP contribution in [0.3, 0.4) is 0 Å². The maximum absolute atomic E-state index is 13.3. The highest BCUT2D eigenvalue weighted by atomic mass is 32.2. The number of carbonyl (C=O) groups excluding carboxylic acids is 1. The summed E-state index contributed by atoms with van der Waals surface area (Å²) in [6.07, 6.45) is 2.04. The van der Waals surface area contributed by atoms with Gasteiger partial charge >= 0.3 is 0 Å². The fourth-order valence-electron chi connectivity index (χ4n) is 3.60. The fraction of sp³-hybridized carbons (Fsp3) is 0.318. The molecule has 0 spiro atoms. The maximum atomic E-state index is 13.3. The Labute approximate surface area is 170 Å². The van der Waals surface area contributed by atoms with Crippen LogP contribution >= 0.6 is 11.8 Å². The largest absolute Gasteiger partial charge is 0.493 e. The summed E-state index contributed by atoms with van der Waals surface area (Å²) < 4.78 is 11.1. The molecule has 0 bridgehead atoms. The summed E-state index contributed by atoms with van der Waals surface area (Å²) in [4.78, 5) is 15.1. The Bertz CT molecular complexity index is 897. The molecule has 1 atom stereocenters. The van der Waals surface area contributed by atoms with Crippen LogP contribution in [0.2, 0.25) is 0 Å². The second kappa shape index (κ2) is 8.61. The Morgan fingerprint density at radius 2 is 2.04 bits per heavy atom. The van der Waals surface area contributed by atoms with Gasteiger partial charge in [0.2, 0.25) is 0 Å². The van der Waals surface area contributed by atoms with Crippen molar-refractivity contribution in [2.24, 2.45) is 0 Å². The number of fused-ring (bicyclic) bond motifs is 1. The lowest BCUT2D eigenvalue weighted by Gasteiger charge is -2.29. The number of thioether (sulfide) groups is 1. The van der Waals surface area contributed by atoms with E-state index in [4.69, 9.17) is 9.47 Å². The van der Waals surface area contributed by atoms with Crippen LogP contribution in [0.4, 0.5) is 5.69 Å². The fourth-order valence-corrected chi connectivity index (χ4v) is 4.26. The molecule has 1 aliphatic rings. The van der Waals surface area contributed by atoms with Gasteiger partial charge in [0, 0.05) is 29.7 Å². The molecule has 148 valence electrons. The Hall–Kier alpha value is -2.60. The highest BCUT2D eigenvalue weighted by Gasteiger charge is 2.38. The third-order valence-corrected chi connectivity index (χ3v) is 5.52. The number of nitrogens with one attached hydrogen (secondary N) is 1. The normalized spacial score (nSPS) is 14.1. The molecular formula is C22H26N2O3S. The van der Waals surface area contributed by atoms with E-state index < -0.39 is 0 Å². The molecular weight excluding hydrogens is 372 g/mol. The predicted octanol–water partition coefficient (Wildman–Crippen LogP) is 4.67. The van der Waals surface area contributed by atoms with Gasteiger partial charge in [-0.1, -0.05) is 18.7 Å². The van der Waals surface area contributed by atoms with E-state index in [-0.39, 0.29) is 11.9 Å². The van der Waals surface area contributed by atoms with Crippen LogP contribution in [0.5, 0.6) is 11.5 Å². The second-order valence-corrected chi connectivity index (χ2v) is 7.33. The molecule has 0 aliphatic carbocycles. The number of nitrogens with zero attached hydrogens (tertiary/aromatic N) is 1. The number of ether oxygens (including phenoxy) is 2. The number of benzene rings is 2. The molecule has 28 heavy (non-hydrogen) atoms. The van der Waals surface area contributed by atoms with Crippen molar-refractivity contribution in [2.45, 2.75) is 13.0 Å². The SMILES string of the molecule is C=C1c2c(NC)cccc2C(=O)N1C(CSC)c1ccc(OC)c(OCC)c1. The molecule has 0 saturated carbocycles. The van der Waals surface area contributed by atoms with E-state index in [1.807, 2.05) is 56.6 Å². The standard InChI is InChI=1S/C22H26N2O3S/c1-6-27-20-12-15(10-11-19(20)26-4)18(13-28-5)24-14(2)21-16(22(24)25)8-7-9-17(21)23-3/h7-12,18,23H,2,6,13H2,1,3-5H3. The summed E-state index contributed by atoms with van der Waals surface area (Å²) in [5.41, 5.74) is 4.18. The van der Waals surface area contributed by atoms with E-state index in [0.29, 0.717) is 23.7 Å². The number of rotatable bonds is 8. The zero-order valence-corrected chi connectivity index (χ0v) is 17.6. The minimum absolute atomic E-state index is 0.0232. The van der Waals surface area contributed by atoms with E-state index in [1.165, 1.54) is 0 Å². The maximum Gasteiger partial charge on any atom is 0.259 e. The zero-order valence-electron chi connectivity index (χ0n) is 16.7. The van der Waals surface area contributed by atoms with Crippen LogP contribution in [0.25, 0.3) is 5.70 Å². The third kappa shape index (κ3) is 3.44. The molecule has 0 radical (unpaired) electrons. The molecule has 1 N–H and O–H groups in total. The van der Waals surface area contributed by atoms with Crippen molar-refractivity contribution in [3.05, 3.63) is 59.7 Å². The molecule has 3 rings (SSSR count). The summed E-state index contributed by atoms with van der Waals surface area (Å²) in [7, 11) is 3.48. The smallest absolute Gasteiger partial charge is 0.259 e. The molecule has 6 heteroatoms. The minimum atomic E-state index is -0.155. The predicted molar refractivity (Wildman–Crippen MR) is 116 cm³/mol.